The zero-order valence-electron chi connectivity index (χ0n) is 12.6. The molecule has 0 radical (unpaired) electrons. The van der Waals surface area contributed by atoms with Crippen molar-refractivity contribution in [3.05, 3.63) is 0 Å². The van der Waals surface area contributed by atoms with E-state index in [0.717, 1.165) is 0 Å². The Kier molecular flexibility index (Phi) is 4.70. The minimum atomic E-state index is -0.805. The third kappa shape index (κ3) is 3.63. The van der Waals surface area contributed by atoms with Crippen LogP contribution in [0.15, 0.2) is 0 Å². The number of carbonyl (C=O) groups excluding carboxylic acids is 2. The van der Waals surface area contributed by atoms with Gasteiger partial charge >= 0.3 is 12.1 Å². The molecule has 2 rings (SSSR count). The van der Waals surface area contributed by atoms with E-state index >= 15 is 0 Å². The molecule has 0 aliphatic carbocycles. The van der Waals surface area contributed by atoms with Crippen LogP contribution in [-0.2, 0) is 28.5 Å². The Labute approximate surface area is 123 Å². The topological polar surface area (TPSA) is 92.3 Å². The second-order valence-corrected chi connectivity index (χ2v) is 5.31. The van der Waals surface area contributed by atoms with Gasteiger partial charge in [-0.1, -0.05) is 0 Å². The first-order valence-corrected chi connectivity index (χ1v) is 6.87. The van der Waals surface area contributed by atoms with Gasteiger partial charge in [0.2, 0.25) is 0 Å². The lowest BCUT2D eigenvalue weighted by Gasteiger charge is -2.25. The third-order valence-electron chi connectivity index (χ3n) is 3.31. The molecular weight excluding hydrogens is 282 g/mol. The summed E-state index contributed by atoms with van der Waals surface area (Å²) in [6, 6.07) is -0.546. The first-order chi connectivity index (χ1) is 9.86. The van der Waals surface area contributed by atoms with Gasteiger partial charge in [0.25, 0.3) is 0 Å². The van der Waals surface area contributed by atoms with E-state index in [9.17, 15) is 9.59 Å². The minimum Gasteiger partial charge on any atom is -0.469 e. The van der Waals surface area contributed by atoms with Crippen LogP contribution in [0.5, 0.6) is 0 Å². The molecule has 0 aromatic carbocycles. The van der Waals surface area contributed by atoms with Gasteiger partial charge in [0.1, 0.15) is 6.10 Å². The SMILES string of the molecule is CCOC(=O)N[C@H]1[C@@H]2OC(C)(C)O[C@@H]2O[C@H]1CC(=O)OC. The molecule has 1 N–H and O–H groups in total. The van der Waals surface area contributed by atoms with E-state index < -0.39 is 42.4 Å². The number of fused-ring (bicyclic) bond motifs is 1. The van der Waals surface area contributed by atoms with Gasteiger partial charge in [0.15, 0.2) is 12.1 Å². The van der Waals surface area contributed by atoms with Crippen molar-refractivity contribution in [2.75, 3.05) is 13.7 Å². The molecular formula is C13H21NO7. The van der Waals surface area contributed by atoms with E-state index in [1.165, 1.54) is 7.11 Å². The Hall–Kier alpha value is -1.38. The van der Waals surface area contributed by atoms with Crippen molar-refractivity contribution in [3.63, 3.8) is 0 Å². The van der Waals surface area contributed by atoms with E-state index in [-0.39, 0.29) is 13.0 Å². The minimum absolute atomic E-state index is 0.00623. The van der Waals surface area contributed by atoms with E-state index in [2.05, 4.69) is 10.1 Å². The van der Waals surface area contributed by atoms with Gasteiger partial charge in [0.05, 0.1) is 32.3 Å². The summed E-state index contributed by atoms with van der Waals surface area (Å²) in [6.45, 7) is 5.46. The first-order valence-electron chi connectivity index (χ1n) is 6.87. The van der Waals surface area contributed by atoms with Crippen LogP contribution in [0.3, 0.4) is 0 Å². The van der Waals surface area contributed by atoms with Crippen molar-refractivity contribution in [1.29, 1.82) is 0 Å². The number of hydrogen-bond acceptors (Lipinski definition) is 7. The Morgan fingerprint density at radius 3 is 2.62 bits per heavy atom. The molecule has 0 aromatic rings. The van der Waals surface area contributed by atoms with Crippen molar-refractivity contribution >= 4 is 12.1 Å². The summed E-state index contributed by atoms with van der Waals surface area (Å²) >= 11 is 0. The number of carbonyl (C=O) groups is 2. The predicted octanol–water partition coefficient (Wildman–Crippen LogP) is 0.541. The van der Waals surface area contributed by atoms with E-state index in [0.29, 0.717) is 0 Å². The molecule has 8 heteroatoms. The van der Waals surface area contributed by atoms with Gasteiger partial charge in [-0.25, -0.2) is 4.79 Å². The highest BCUT2D eigenvalue weighted by Crippen LogP contribution is 2.38. The van der Waals surface area contributed by atoms with E-state index in [1.54, 1.807) is 20.8 Å². The molecule has 4 atom stereocenters. The average Bonchev–Trinajstić information content (AvgIpc) is 2.83. The van der Waals surface area contributed by atoms with Crippen LogP contribution in [0.4, 0.5) is 4.79 Å². The van der Waals surface area contributed by atoms with Crippen LogP contribution in [0.25, 0.3) is 0 Å². The van der Waals surface area contributed by atoms with Gasteiger partial charge < -0.3 is 29.0 Å². The lowest BCUT2D eigenvalue weighted by molar-refractivity contribution is -0.208. The van der Waals surface area contributed by atoms with Gasteiger partial charge in [-0.05, 0) is 20.8 Å². The van der Waals surface area contributed by atoms with Gasteiger partial charge in [-0.15, -0.1) is 0 Å². The summed E-state index contributed by atoms with van der Waals surface area (Å²) < 4.78 is 26.5. The molecule has 1 amide bonds. The lowest BCUT2D eigenvalue weighted by atomic mass is 10.1. The van der Waals surface area contributed by atoms with Crippen LogP contribution in [0.2, 0.25) is 0 Å². The summed E-state index contributed by atoms with van der Waals surface area (Å²) in [7, 11) is 1.29. The molecule has 2 aliphatic rings. The quantitative estimate of drug-likeness (QED) is 0.758. The molecule has 0 saturated carbocycles. The van der Waals surface area contributed by atoms with Crippen LogP contribution in [0, 0.1) is 0 Å². The summed E-state index contributed by atoms with van der Waals surface area (Å²) in [5, 5.41) is 2.67. The Morgan fingerprint density at radius 2 is 2.00 bits per heavy atom. The molecule has 0 aromatic heterocycles. The molecule has 21 heavy (non-hydrogen) atoms. The normalized spacial score (nSPS) is 33.3. The van der Waals surface area contributed by atoms with Crippen molar-refractivity contribution in [3.8, 4) is 0 Å². The van der Waals surface area contributed by atoms with Gasteiger partial charge in [-0.2, -0.15) is 0 Å². The predicted molar refractivity (Wildman–Crippen MR) is 69.3 cm³/mol. The molecule has 2 aliphatic heterocycles. The van der Waals surface area contributed by atoms with Gasteiger partial charge in [0, 0.05) is 0 Å². The molecule has 0 bridgehead atoms. The zero-order chi connectivity index (χ0) is 15.6. The molecule has 2 saturated heterocycles. The summed E-state index contributed by atoms with van der Waals surface area (Å²) in [5.74, 6) is -1.24. The van der Waals surface area contributed by atoms with E-state index in [4.69, 9.17) is 18.9 Å². The monoisotopic (exact) mass is 303 g/mol. The fourth-order valence-corrected chi connectivity index (χ4v) is 2.48. The average molecular weight is 303 g/mol. The smallest absolute Gasteiger partial charge is 0.407 e. The molecule has 0 spiro atoms. The van der Waals surface area contributed by atoms with Crippen LogP contribution >= 0.6 is 0 Å². The second-order valence-electron chi connectivity index (χ2n) is 5.31. The standard InChI is InChI=1S/C13H21NO7/c1-5-18-12(16)14-9-7(6-8(15)17-4)19-11-10(9)20-13(2,3)21-11/h7,9-11H,5-6H2,1-4H3,(H,14,16)/t7-,9+,10-,11-/m0/s1. The Morgan fingerprint density at radius 1 is 1.29 bits per heavy atom. The molecule has 0 unspecified atom stereocenters. The van der Waals surface area contributed by atoms with Crippen LogP contribution < -0.4 is 5.32 Å². The highest BCUT2D eigenvalue weighted by Gasteiger charge is 2.55. The number of hydrogen-bond donors (Lipinski definition) is 1. The second kappa shape index (κ2) is 6.17. The van der Waals surface area contributed by atoms with Gasteiger partial charge in [-0.3, -0.25) is 4.79 Å². The highest BCUT2D eigenvalue weighted by molar-refractivity contribution is 5.71. The number of nitrogens with one attached hydrogen (secondary N) is 1. The third-order valence-corrected chi connectivity index (χ3v) is 3.31. The molecule has 120 valence electrons. The summed E-state index contributed by atoms with van der Waals surface area (Å²) in [6.07, 6.45) is -2.32. The maximum atomic E-state index is 11.6. The van der Waals surface area contributed by atoms with Crippen LogP contribution in [-0.4, -0.2) is 56.1 Å². The summed E-state index contributed by atoms with van der Waals surface area (Å²) in [4.78, 5) is 23.1. The number of esters is 1. The zero-order valence-corrected chi connectivity index (χ0v) is 12.6. The number of rotatable bonds is 4. The van der Waals surface area contributed by atoms with Crippen molar-refractivity contribution in [2.45, 2.75) is 57.5 Å². The number of ether oxygens (including phenoxy) is 5. The molecule has 2 heterocycles. The summed E-state index contributed by atoms with van der Waals surface area (Å²) in [5.41, 5.74) is 0. The Bertz CT molecular complexity index is 411. The number of alkyl carbamates (subject to hydrolysis) is 1. The van der Waals surface area contributed by atoms with Crippen LogP contribution in [0.1, 0.15) is 27.2 Å². The Balaban J connectivity index is 2.07. The first kappa shape index (κ1) is 16.0. The fraction of sp³-hybridized carbons (Fsp3) is 0.846. The molecule has 8 nitrogen and oxygen atoms in total. The van der Waals surface area contributed by atoms with Crippen molar-refractivity contribution < 1.29 is 33.3 Å². The number of amides is 1. The number of methoxy groups -OCH3 is 1. The largest absolute Gasteiger partial charge is 0.469 e. The van der Waals surface area contributed by atoms with Crippen molar-refractivity contribution in [2.24, 2.45) is 0 Å². The lowest BCUT2D eigenvalue weighted by Crippen LogP contribution is -2.49. The highest BCUT2D eigenvalue weighted by atomic mass is 16.8. The van der Waals surface area contributed by atoms with Crippen molar-refractivity contribution in [1.82, 2.24) is 5.32 Å². The van der Waals surface area contributed by atoms with E-state index in [1.807, 2.05) is 0 Å². The maximum Gasteiger partial charge on any atom is 0.407 e. The fourth-order valence-electron chi connectivity index (χ4n) is 2.48. The molecule has 2 fully saturated rings. The maximum absolute atomic E-state index is 11.6.